The van der Waals surface area contributed by atoms with Crippen LogP contribution in [0.2, 0.25) is 10.0 Å². The maximum absolute atomic E-state index is 12.4. The highest BCUT2D eigenvalue weighted by molar-refractivity contribution is 6.35. The fraction of sp³-hybridized carbons (Fsp3) is 0.333. The monoisotopic (exact) mass is 340 g/mol. The maximum Gasteiger partial charge on any atom is 0.415 e. The summed E-state index contributed by atoms with van der Waals surface area (Å²) in [6.45, 7) is 1.14. The molecular formula is C12H9Cl2F3N2O2. The summed E-state index contributed by atoms with van der Waals surface area (Å²) in [5.41, 5.74) is 0.399. The van der Waals surface area contributed by atoms with Crippen molar-refractivity contribution in [2.24, 2.45) is 0 Å². The molecule has 0 saturated carbocycles. The van der Waals surface area contributed by atoms with Crippen LogP contribution in [0.4, 0.5) is 13.2 Å². The van der Waals surface area contributed by atoms with E-state index in [2.05, 4.69) is 10.1 Å². The van der Waals surface area contributed by atoms with E-state index in [0.29, 0.717) is 15.6 Å². The van der Waals surface area contributed by atoms with Crippen molar-refractivity contribution in [2.45, 2.75) is 25.1 Å². The zero-order valence-corrected chi connectivity index (χ0v) is 12.0. The molecule has 0 fully saturated rings. The molecule has 0 bridgehead atoms. The van der Waals surface area contributed by atoms with Crippen LogP contribution in [0.3, 0.4) is 0 Å². The Labute approximate surface area is 127 Å². The summed E-state index contributed by atoms with van der Waals surface area (Å²) >= 11 is 11.6. The van der Waals surface area contributed by atoms with Crippen LogP contribution in [-0.4, -0.2) is 27.5 Å². The van der Waals surface area contributed by atoms with Crippen LogP contribution in [-0.2, 0) is 0 Å². The standard InChI is InChI=1S/C12H9Cl2F3N2O2/c1-5(9(20)12(15,16)17)11-18-10(19-21-11)6-2-7(13)4-8(14)3-6/h2-5,9,20H,1H3. The van der Waals surface area contributed by atoms with Crippen molar-refractivity contribution in [3.8, 4) is 11.4 Å². The van der Waals surface area contributed by atoms with Crippen molar-refractivity contribution in [3.05, 3.63) is 34.1 Å². The molecule has 114 valence electrons. The van der Waals surface area contributed by atoms with Gasteiger partial charge in [-0.25, -0.2) is 0 Å². The summed E-state index contributed by atoms with van der Waals surface area (Å²) in [5, 5.41) is 13.4. The number of aliphatic hydroxyl groups is 1. The fourth-order valence-electron chi connectivity index (χ4n) is 1.64. The molecule has 0 amide bonds. The van der Waals surface area contributed by atoms with E-state index in [4.69, 9.17) is 27.7 Å². The topological polar surface area (TPSA) is 59.2 Å². The van der Waals surface area contributed by atoms with Gasteiger partial charge in [0.1, 0.15) is 0 Å². The molecule has 2 rings (SSSR count). The van der Waals surface area contributed by atoms with Crippen molar-refractivity contribution in [3.63, 3.8) is 0 Å². The van der Waals surface area contributed by atoms with Gasteiger partial charge >= 0.3 is 6.18 Å². The average Bonchev–Trinajstić information content (AvgIpc) is 2.84. The number of hydrogen-bond donors (Lipinski definition) is 1. The van der Waals surface area contributed by atoms with Gasteiger partial charge in [-0.15, -0.1) is 0 Å². The van der Waals surface area contributed by atoms with E-state index in [-0.39, 0.29) is 11.7 Å². The molecule has 0 spiro atoms. The third-order valence-corrected chi connectivity index (χ3v) is 3.20. The van der Waals surface area contributed by atoms with Gasteiger partial charge in [-0.2, -0.15) is 18.2 Å². The first-order chi connectivity index (χ1) is 9.68. The first kappa shape index (κ1) is 16.1. The highest BCUT2D eigenvalue weighted by atomic mass is 35.5. The molecule has 1 N–H and O–H groups in total. The molecule has 9 heteroatoms. The zero-order valence-electron chi connectivity index (χ0n) is 10.5. The smallest absolute Gasteiger partial charge is 0.383 e. The van der Waals surface area contributed by atoms with E-state index in [0.717, 1.165) is 6.92 Å². The molecule has 0 radical (unpaired) electrons. The normalized spacial score (nSPS) is 15.0. The van der Waals surface area contributed by atoms with Gasteiger partial charge in [0.2, 0.25) is 11.7 Å². The number of alkyl halides is 3. The predicted octanol–water partition coefficient (Wildman–Crippen LogP) is 4.07. The highest BCUT2D eigenvalue weighted by Crippen LogP contribution is 2.32. The molecule has 0 aliphatic rings. The van der Waals surface area contributed by atoms with Crippen LogP contribution < -0.4 is 0 Å². The van der Waals surface area contributed by atoms with Gasteiger partial charge in [-0.1, -0.05) is 35.3 Å². The summed E-state index contributed by atoms with van der Waals surface area (Å²) < 4.78 is 42.1. The molecule has 0 aliphatic heterocycles. The van der Waals surface area contributed by atoms with Gasteiger partial charge in [0.25, 0.3) is 0 Å². The quantitative estimate of drug-likeness (QED) is 0.914. The third-order valence-electron chi connectivity index (χ3n) is 2.76. The van der Waals surface area contributed by atoms with Gasteiger partial charge in [0.05, 0.1) is 5.92 Å². The summed E-state index contributed by atoms with van der Waals surface area (Å²) in [6, 6.07) is 4.48. The van der Waals surface area contributed by atoms with Crippen LogP contribution in [0.1, 0.15) is 18.7 Å². The number of aliphatic hydroxyl groups excluding tert-OH is 1. The van der Waals surface area contributed by atoms with Crippen LogP contribution in [0, 0.1) is 0 Å². The largest absolute Gasteiger partial charge is 0.415 e. The fourth-order valence-corrected chi connectivity index (χ4v) is 2.16. The van der Waals surface area contributed by atoms with Crippen molar-refractivity contribution >= 4 is 23.2 Å². The van der Waals surface area contributed by atoms with Gasteiger partial charge < -0.3 is 9.63 Å². The predicted molar refractivity (Wildman–Crippen MR) is 70.2 cm³/mol. The summed E-state index contributed by atoms with van der Waals surface area (Å²) in [4.78, 5) is 3.84. The molecule has 0 saturated heterocycles. The number of hydrogen-bond acceptors (Lipinski definition) is 4. The summed E-state index contributed by atoms with van der Waals surface area (Å²) in [5.74, 6) is -1.68. The lowest BCUT2D eigenvalue weighted by molar-refractivity contribution is -0.210. The minimum absolute atomic E-state index is 0.0376. The Bertz CT molecular complexity index is 625. The Morgan fingerprint density at radius 1 is 1.19 bits per heavy atom. The van der Waals surface area contributed by atoms with Crippen LogP contribution in [0.15, 0.2) is 22.7 Å². The molecular weight excluding hydrogens is 332 g/mol. The Morgan fingerprint density at radius 2 is 1.76 bits per heavy atom. The number of aromatic nitrogens is 2. The Morgan fingerprint density at radius 3 is 2.29 bits per heavy atom. The molecule has 2 unspecified atom stereocenters. The molecule has 4 nitrogen and oxygen atoms in total. The van der Waals surface area contributed by atoms with E-state index < -0.39 is 18.2 Å². The second-order valence-corrected chi connectivity index (χ2v) is 5.26. The SMILES string of the molecule is CC(c1nc(-c2cc(Cl)cc(Cl)c2)no1)C(O)C(F)(F)F. The maximum atomic E-state index is 12.4. The summed E-state index contributed by atoms with van der Waals surface area (Å²) in [6.07, 6.45) is -7.36. The number of nitrogens with zero attached hydrogens (tertiary/aromatic N) is 2. The minimum Gasteiger partial charge on any atom is -0.383 e. The highest BCUT2D eigenvalue weighted by Gasteiger charge is 2.44. The van der Waals surface area contributed by atoms with Crippen LogP contribution >= 0.6 is 23.2 Å². The van der Waals surface area contributed by atoms with Crippen molar-refractivity contribution in [1.82, 2.24) is 10.1 Å². The van der Waals surface area contributed by atoms with Gasteiger partial charge in [-0.05, 0) is 18.2 Å². The van der Waals surface area contributed by atoms with E-state index in [1.54, 1.807) is 0 Å². The molecule has 21 heavy (non-hydrogen) atoms. The van der Waals surface area contributed by atoms with Crippen LogP contribution in [0.25, 0.3) is 11.4 Å². The summed E-state index contributed by atoms with van der Waals surface area (Å²) in [7, 11) is 0. The molecule has 0 aliphatic carbocycles. The van der Waals surface area contributed by atoms with E-state index in [9.17, 15) is 18.3 Å². The van der Waals surface area contributed by atoms with Gasteiger partial charge in [-0.3, -0.25) is 0 Å². The average molecular weight is 341 g/mol. The van der Waals surface area contributed by atoms with Crippen molar-refractivity contribution < 1.29 is 22.8 Å². The van der Waals surface area contributed by atoms with Crippen molar-refractivity contribution in [1.29, 1.82) is 0 Å². The Kier molecular flexibility index (Phi) is 4.46. The second-order valence-electron chi connectivity index (χ2n) is 4.39. The lowest BCUT2D eigenvalue weighted by Gasteiger charge is -2.17. The number of halogens is 5. The molecule has 1 aromatic carbocycles. The first-order valence-corrected chi connectivity index (χ1v) is 6.49. The van der Waals surface area contributed by atoms with Gasteiger partial charge in [0.15, 0.2) is 6.10 Å². The molecule has 2 atom stereocenters. The Hall–Kier alpha value is -1.31. The lowest BCUT2D eigenvalue weighted by Crippen LogP contribution is -2.33. The number of rotatable bonds is 3. The van der Waals surface area contributed by atoms with Gasteiger partial charge in [0, 0.05) is 15.6 Å². The number of benzene rings is 1. The van der Waals surface area contributed by atoms with Crippen LogP contribution in [0.5, 0.6) is 0 Å². The lowest BCUT2D eigenvalue weighted by atomic mass is 10.0. The minimum atomic E-state index is -4.77. The second kappa shape index (κ2) is 5.82. The Balaban J connectivity index is 2.29. The van der Waals surface area contributed by atoms with E-state index in [1.165, 1.54) is 18.2 Å². The van der Waals surface area contributed by atoms with E-state index in [1.807, 2.05) is 0 Å². The molecule has 1 heterocycles. The van der Waals surface area contributed by atoms with E-state index >= 15 is 0 Å². The zero-order chi connectivity index (χ0) is 15.8. The van der Waals surface area contributed by atoms with Crippen molar-refractivity contribution in [2.75, 3.05) is 0 Å². The third kappa shape index (κ3) is 3.66. The molecule has 2 aromatic rings. The first-order valence-electron chi connectivity index (χ1n) is 5.73. The molecule has 1 aromatic heterocycles.